The zero-order valence-electron chi connectivity index (χ0n) is 18.5. The molecule has 0 fully saturated rings. The molecule has 156 valence electrons. The van der Waals surface area contributed by atoms with Crippen molar-refractivity contribution in [1.29, 1.82) is 0 Å². The van der Waals surface area contributed by atoms with E-state index in [2.05, 4.69) is 109 Å². The number of nitrogens with zero attached hydrogens (tertiary/aromatic N) is 2. The van der Waals surface area contributed by atoms with Gasteiger partial charge in [-0.1, -0.05) is 72.8 Å². The molecule has 0 saturated carbocycles. The van der Waals surface area contributed by atoms with Gasteiger partial charge < -0.3 is 9.80 Å². The second-order valence-electron chi connectivity index (χ2n) is 9.50. The Labute approximate surface area is 189 Å². The van der Waals surface area contributed by atoms with E-state index in [0.717, 1.165) is 13.1 Å². The van der Waals surface area contributed by atoms with E-state index in [1.165, 1.54) is 55.9 Å². The molecule has 3 aliphatic rings. The van der Waals surface area contributed by atoms with Crippen molar-refractivity contribution < 1.29 is 0 Å². The van der Waals surface area contributed by atoms with E-state index in [1.54, 1.807) is 0 Å². The van der Waals surface area contributed by atoms with Gasteiger partial charge in [-0.2, -0.15) is 0 Å². The molecule has 3 aliphatic heterocycles. The van der Waals surface area contributed by atoms with Gasteiger partial charge in [0.05, 0.1) is 23.5 Å². The van der Waals surface area contributed by atoms with Crippen molar-refractivity contribution in [3.63, 3.8) is 0 Å². The molecule has 2 heteroatoms. The maximum atomic E-state index is 2.57. The zero-order valence-corrected chi connectivity index (χ0v) is 18.5. The van der Waals surface area contributed by atoms with Crippen LogP contribution in [0.15, 0.2) is 84.9 Å². The van der Waals surface area contributed by atoms with Crippen LogP contribution in [0.25, 0.3) is 22.3 Å². The topological polar surface area (TPSA) is 6.48 Å². The number of anilines is 2. The molecule has 2 atom stereocenters. The molecule has 2 nitrogen and oxygen atoms in total. The van der Waals surface area contributed by atoms with Gasteiger partial charge in [0.25, 0.3) is 0 Å². The number of fused-ring (bicyclic) bond motifs is 6. The Morgan fingerprint density at radius 3 is 1.47 bits per heavy atom. The van der Waals surface area contributed by atoms with Crippen LogP contribution in [0.2, 0.25) is 0 Å². The SMILES string of the molecule is CC1c2cccc3c2N1Cc1cccc(c1)-c1cccc2c1N(Cc1cccc-3c1)C2C. The molecule has 0 radical (unpaired) electrons. The lowest BCUT2D eigenvalue weighted by Crippen LogP contribution is -2.37. The number of rotatable bonds is 0. The van der Waals surface area contributed by atoms with Crippen LogP contribution < -0.4 is 9.80 Å². The van der Waals surface area contributed by atoms with Gasteiger partial charge in [-0.15, -0.1) is 0 Å². The lowest BCUT2D eigenvalue weighted by Gasteiger charge is -2.46. The second-order valence-corrected chi connectivity index (χ2v) is 9.50. The van der Waals surface area contributed by atoms with Crippen molar-refractivity contribution in [2.45, 2.75) is 39.0 Å². The first-order valence-corrected chi connectivity index (χ1v) is 11.7. The van der Waals surface area contributed by atoms with Crippen molar-refractivity contribution in [1.82, 2.24) is 0 Å². The maximum absolute atomic E-state index is 2.57. The standard InChI is InChI=1S/C30H26N2/c1-19-25-11-5-13-27-23-9-4-8-22(16-23)18-32-20(2)26-12-6-14-28(30(26)32)24-10-3-7-21(15-24)17-31(19)29(25)27/h3-16,19-20H,17-18H2,1-2H3. The Kier molecular flexibility index (Phi) is 3.67. The van der Waals surface area contributed by atoms with E-state index in [4.69, 9.17) is 0 Å². The van der Waals surface area contributed by atoms with Crippen LogP contribution in [-0.4, -0.2) is 0 Å². The third-order valence-corrected chi connectivity index (χ3v) is 7.73. The molecule has 3 heterocycles. The number of hydrogen-bond donors (Lipinski definition) is 0. The fraction of sp³-hybridized carbons (Fsp3) is 0.200. The maximum Gasteiger partial charge on any atom is 0.0539 e. The van der Waals surface area contributed by atoms with Gasteiger partial charge in [-0.25, -0.2) is 0 Å². The van der Waals surface area contributed by atoms with Crippen molar-refractivity contribution in [2.24, 2.45) is 0 Å². The summed E-state index contributed by atoms with van der Waals surface area (Å²) in [6.45, 7) is 6.53. The molecular weight excluding hydrogens is 388 g/mol. The predicted molar refractivity (Wildman–Crippen MR) is 133 cm³/mol. The third-order valence-electron chi connectivity index (χ3n) is 7.73. The molecule has 0 N–H and O–H groups in total. The Bertz CT molecular complexity index is 1280. The highest BCUT2D eigenvalue weighted by Crippen LogP contribution is 2.52. The molecule has 0 aliphatic carbocycles. The lowest BCUT2D eigenvalue weighted by atomic mass is 9.85. The van der Waals surface area contributed by atoms with Gasteiger partial charge in [0.15, 0.2) is 0 Å². The summed E-state index contributed by atoms with van der Waals surface area (Å²) in [4.78, 5) is 5.14. The highest BCUT2D eigenvalue weighted by atomic mass is 15.2. The van der Waals surface area contributed by atoms with Crippen LogP contribution in [0.4, 0.5) is 11.4 Å². The quantitative estimate of drug-likeness (QED) is 0.294. The number of hydrogen-bond acceptors (Lipinski definition) is 2. The molecule has 0 amide bonds. The molecule has 4 aromatic rings. The summed E-state index contributed by atoms with van der Waals surface area (Å²) in [5.41, 5.74) is 13.8. The first kappa shape index (κ1) is 18.1. The van der Waals surface area contributed by atoms with E-state index in [1.807, 2.05) is 0 Å². The molecule has 0 saturated heterocycles. The van der Waals surface area contributed by atoms with Gasteiger partial charge in [0, 0.05) is 24.2 Å². The molecule has 32 heavy (non-hydrogen) atoms. The Balaban J connectivity index is 1.46. The molecular formula is C30H26N2. The summed E-state index contributed by atoms with van der Waals surface area (Å²) in [6, 6.07) is 32.8. The Hall–Kier alpha value is -3.52. The summed E-state index contributed by atoms with van der Waals surface area (Å²) >= 11 is 0. The first-order chi connectivity index (χ1) is 15.7. The molecule has 2 unspecified atom stereocenters. The summed E-state index contributed by atoms with van der Waals surface area (Å²) in [5.74, 6) is 0. The minimum Gasteiger partial charge on any atom is -0.360 e. The summed E-state index contributed by atoms with van der Waals surface area (Å²) in [7, 11) is 0. The summed E-state index contributed by atoms with van der Waals surface area (Å²) in [5, 5.41) is 0. The minimum atomic E-state index is 0.443. The van der Waals surface area contributed by atoms with Crippen LogP contribution in [0.5, 0.6) is 0 Å². The van der Waals surface area contributed by atoms with Gasteiger partial charge >= 0.3 is 0 Å². The van der Waals surface area contributed by atoms with Gasteiger partial charge in [0.1, 0.15) is 0 Å². The Morgan fingerprint density at radius 1 is 0.562 bits per heavy atom. The average molecular weight is 415 g/mol. The average Bonchev–Trinajstić information content (AvgIpc) is 2.84. The van der Waals surface area contributed by atoms with Crippen LogP contribution in [0.3, 0.4) is 0 Å². The van der Waals surface area contributed by atoms with E-state index in [0.29, 0.717) is 12.1 Å². The smallest absolute Gasteiger partial charge is 0.0539 e. The minimum absolute atomic E-state index is 0.443. The van der Waals surface area contributed by atoms with Gasteiger partial charge in [-0.3, -0.25) is 0 Å². The summed E-state index contributed by atoms with van der Waals surface area (Å²) < 4.78 is 0. The number of para-hydroxylation sites is 2. The highest BCUT2D eigenvalue weighted by molar-refractivity contribution is 5.88. The fourth-order valence-electron chi connectivity index (χ4n) is 5.99. The number of benzene rings is 4. The summed E-state index contributed by atoms with van der Waals surface area (Å²) in [6.07, 6.45) is 0. The van der Waals surface area contributed by atoms with Crippen molar-refractivity contribution in [3.8, 4) is 22.3 Å². The first-order valence-electron chi connectivity index (χ1n) is 11.7. The van der Waals surface area contributed by atoms with Gasteiger partial charge in [-0.05, 0) is 59.4 Å². The zero-order chi connectivity index (χ0) is 21.4. The predicted octanol–water partition coefficient (Wildman–Crippen LogP) is 7.50. The van der Waals surface area contributed by atoms with Crippen molar-refractivity contribution in [2.75, 3.05) is 9.80 Å². The molecule has 4 aromatic carbocycles. The monoisotopic (exact) mass is 414 g/mol. The van der Waals surface area contributed by atoms with E-state index in [9.17, 15) is 0 Å². The van der Waals surface area contributed by atoms with Crippen molar-refractivity contribution in [3.05, 3.63) is 107 Å². The lowest BCUT2D eigenvalue weighted by molar-refractivity contribution is 0.607. The van der Waals surface area contributed by atoms with E-state index in [-0.39, 0.29) is 0 Å². The van der Waals surface area contributed by atoms with Crippen LogP contribution in [0, 0.1) is 0 Å². The molecule has 4 bridgehead atoms. The van der Waals surface area contributed by atoms with E-state index >= 15 is 0 Å². The Morgan fingerprint density at radius 2 is 1.00 bits per heavy atom. The highest BCUT2D eigenvalue weighted by Gasteiger charge is 2.35. The normalized spacial score (nSPS) is 19.8. The molecule has 0 spiro atoms. The molecule has 7 rings (SSSR count). The third kappa shape index (κ3) is 2.41. The fourth-order valence-corrected chi connectivity index (χ4v) is 5.99. The largest absolute Gasteiger partial charge is 0.360 e. The second kappa shape index (κ2) is 6.49. The van der Waals surface area contributed by atoms with Crippen molar-refractivity contribution >= 4 is 11.4 Å². The van der Waals surface area contributed by atoms with Gasteiger partial charge in [0.2, 0.25) is 0 Å². The van der Waals surface area contributed by atoms with Crippen LogP contribution >= 0.6 is 0 Å². The van der Waals surface area contributed by atoms with Crippen LogP contribution in [-0.2, 0) is 13.1 Å². The molecule has 0 aromatic heterocycles. The van der Waals surface area contributed by atoms with Crippen LogP contribution in [0.1, 0.15) is 48.2 Å². The van der Waals surface area contributed by atoms with E-state index < -0.39 is 0 Å².